The van der Waals surface area contributed by atoms with Crippen molar-refractivity contribution >= 4 is 49.4 Å². The molecule has 2 N–H and O–H groups in total. The van der Waals surface area contributed by atoms with Gasteiger partial charge in [-0.05, 0) is 60.8 Å². The van der Waals surface area contributed by atoms with Crippen LogP contribution in [0.25, 0.3) is 0 Å². The Bertz CT molecular complexity index is 663. The number of hydrazone groups is 1. The van der Waals surface area contributed by atoms with Crippen molar-refractivity contribution in [2.75, 3.05) is 6.61 Å². The van der Waals surface area contributed by atoms with Crippen molar-refractivity contribution in [2.24, 2.45) is 5.10 Å². The Morgan fingerprint density at radius 1 is 1.24 bits per heavy atom. The van der Waals surface area contributed by atoms with Gasteiger partial charge in [0, 0.05) is 16.2 Å². The van der Waals surface area contributed by atoms with Crippen molar-refractivity contribution < 1.29 is 14.3 Å². The van der Waals surface area contributed by atoms with Crippen LogP contribution in [0.2, 0.25) is 0 Å². The summed E-state index contributed by atoms with van der Waals surface area (Å²) in [6, 6.07) is 3.81. The molecule has 0 heterocycles. The van der Waals surface area contributed by atoms with E-state index in [9.17, 15) is 9.59 Å². The molecule has 8 heteroatoms. The van der Waals surface area contributed by atoms with Crippen molar-refractivity contribution in [3.05, 3.63) is 26.6 Å². The number of benzene rings is 1. The molecule has 0 aliphatic carbocycles. The summed E-state index contributed by atoms with van der Waals surface area (Å²) in [6.45, 7) is 7.38. The van der Waals surface area contributed by atoms with E-state index in [0.29, 0.717) is 11.5 Å². The summed E-state index contributed by atoms with van der Waals surface area (Å²) in [5.74, 6) is 0.0639. The molecule has 0 aliphatic heterocycles. The maximum Gasteiger partial charge on any atom is 0.277 e. The predicted molar refractivity (Wildman–Crippen MR) is 106 cm³/mol. The highest BCUT2D eigenvalue weighted by Crippen LogP contribution is 2.31. The number of aryl methyl sites for hydroxylation is 1. The van der Waals surface area contributed by atoms with Crippen LogP contribution in [0.15, 0.2) is 26.2 Å². The first kappa shape index (κ1) is 21.6. The number of carbonyl (C=O) groups is 2. The number of hydrogen-bond acceptors (Lipinski definition) is 4. The smallest absolute Gasteiger partial charge is 0.277 e. The molecule has 138 valence electrons. The van der Waals surface area contributed by atoms with Gasteiger partial charge in [-0.25, -0.2) is 5.43 Å². The highest BCUT2D eigenvalue weighted by Gasteiger charge is 2.09. The molecular formula is C17H23Br2N3O3. The minimum atomic E-state index is -0.394. The van der Waals surface area contributed by atoms with E-state index in [1.165, 1.54) is 0 Å². The fourth-order valence-corrected chi connectivity index (χ4v) is 2.88. The van der Waals surface area contributed by atoms with Crippen LogP contribution in [-0.2, 0) is 9.59 Å². The number of nitrogens with one attached hydrogen (secondary N) is 2. The molecule has 6 nitrogen and oxygen atoms in total. The van der Waals surface area contributed by atoms with Gasteiger partial charge in [-0.3, -0.25) is 9.59 Å². The Labute approximate surface area is 165 Å². The topological polar surface area (TPSA) is 79.8 Å². The summed E-state index contributed by atoms with van der Waals surface area (Å²) in [5.41, 5.74) is 3.91. The molecular weight excluding hydrogens is 454 g/mol. The van der Waals surface area contributed by atoms with E-state index in [0.717, 1.165) is 20.9 Å². The van der Waals surface area contributed by atoms with E-state index in [-0.39, 0.29) is 25.0 Å². The van der Waals surface area contributed by atoms with Gasteiger partial charge in [-0.1, -0.05) is 22.9 Å². The molecule has 0 radical (unpaired) electrons. The van der Waals surface area contributed by atoms with Crippen LogP contribution in [0.3, 0.4) is 0 Å². The van der Waals surface area contributed by atoms with Crippen LogP contribution < -0.4 is 15.5 Å². The van der Waals surface area contributed by atoms with E-state index < -0.39 is 5.91 Å². The molecule has 0 fully saturated rings. The molecule has 2 amide bonds. The molecule has 0 saturated carbocycles. The molecule has 0 unspecified atom stereocenters. The zero-order valence-corrected chi connectivity index (χ0v) is 18.0. The second kappa shape index (κ2) is 10.6. The van der Waals surface area contributed by atoms with E-state index in [1.807, 2.05) is 32.9 Å². The fraction of sp³-hybridized carbons (Fsp3) is 0.471. The van der Waals surface area contributed by atoms with Crippen LogP contribution in [0.5, 0.6) is 5.75 Å². The number of ether oxygens (including phenoxy) is 1. The largest absolute Gasteiger partial charge is 0.483 e. The first-order valence-corrected chi connectivity index (χ1v) is 9.51. The third-order valence-electron chi connectivity index (χ3n) is 3.38. The number of carbonyl (C=O) groups excluding carboxylic acids is 2. The second-order valence-electron chi connectivity index (χ2n) is 5.76. The average molecular weight is 477 g/mol. The van der Waals surface area contributed by atoms with E-state index in [4.69, 9.17) is 4.74 Å². The van der Waals surface area contributed by atoms with Gasteiger partial charge in [-0.15, -0.1) is 0 Å². The normalized spacial score (nSPS) is 12.5. The number of rotatable bonds is 8. The fourth-order valence-electron chi connectivity index (χ4n) is 1.77. The van der Waals surface area contributed by atoms with Crippen molar-refractivity contribution in [2.45, 2.75) is 46.6 Å². The summed E-state index contributed by atoms with van der Waals surface area (Å²) in [4.78, 5) is 23.6. The van der Waals surface area contributed by atoms with E-state index in [1.54, 1.807) is 6.92 Å². The number of nitrogens with zero attached hydrogens (tertiary/aromatic N) is 1. The molecule has 0 saturated heterocycles. The summed E-state index contributed by atoms with van der Waals surface area (Å²) < 4.78 is 7.19. The van der Waals surface area contributed by atoms with E-state index >= 15 is 0 Å². The molecule has 1 rings (SSSR count). The Hall–Kier alpha value is -1.41. The Morgan fingerprint density at radius 3 is 2.56 bits per heavy atom. The van der Waals surface area contributed by atoms with Crippen LogP contribution in [0.4, 0.5) is 0 Å². The number of amides is 2. The van der Waals surface area contributed by atoms with Crippen molar-refractivity contribution in [1.29, 1.82) is 0 Å². The summed E-state index contributed by atoms with van der Waals surface area (Å²) in [5, 5.41) is 6.77. The van der Waals surface area contributed by atoms with Crippen molar-refractivity contribution in [3.63, 3.8) is 0 Å². The highest BCUT2D eigenvalue weighted by atomic mass is 79.9. The molecule has 1 aromatic rings. The molecule has 0 aliphatic rings. The highest BCUT2D eigenvalue weighted by molar-refractivity contribution is 9.11. The van der Waals surface area contributed by atoms with Crippen molar-refractivity contribution in [1.82, 2.24) is 10.7 Å². The van der Waals surface area contributed by atoms with Gasteiger partial charge in [0.25, 0.3) is 5.91 Å². The van der Waals surface area contributed by atoms with Gasteiger partial charge in [0.15, 0.2) is 6.61 Å². The average Bonchev–Trinajstić information content (AvgIpc) is 2.54. The third-order valence-corrected chi connectivity index (χ3v) is 4.85. The van der Waals surface area contributed by atoms with Gasteiger partial charge in [-0.2, -0.15) is 5.10 Å². The standard InChI is InChI=1S/C17H23Br2N3O3/c1-5-11(3)20-16(23)7-12(4)21-22-17(24)9-25-15-6-10(2)13(18)8-14(15)19/h6,8,11H,5,7,9H2,1-4H3,(H,20,23)(H,22,24)/b21-12-/t11-/m0/s1. The van der Waals surface area contributed by atoms with Gasteiger partial charge >= 0.3 is 0 Å². The molecule has 25 heavy (non-hydrogen) atoms. The van der Waals surface area contributed by atoms with Crippen LogP contribution >= 0.6 is 31.9 Å². The lowest BCUT2D eigenvalue weighted by molar-refractivity contribution is -0.123. The minimum Gasteiger partial charge on any atom is -0.483 e. The quantitative estimate of drug-likeness (QED) is 0.443. The summed E-state index contributed by atoms with van der Waals surface area (Å²) in [6.07, 6.45) is 1.00. The van der Waals surface area contributed by atoms with Crippen molar-refractivity contribution in [3.8, 4) is 5.75 Å². The minimum absolute atomic E-state index is 0.115. The van der Waals surface area contributed by atoms with E-state index in [2.05, 4.69) is 47.7 Å². The summed E-state index contributed by atoms with van der Waals surface area (Å²) >= 11 is 6.81. The molecule has 1 aromatic carbocycles. The maximum atomic E-state index is 11.8. The predicted octanol–water partition coefficient (Wildman–Crippen LogP) is 3.70. The first-order valence-electron chi connectivity index (χ1n) is 7.92. The van der Waals surface area contributed by atoms with Gasteiger partial charge in [0.05, 0.1) is 10.9 Å². The SMILES string of the molecule is CC[C@H](C)NC(=O)C/C(C)=N\NC(=O)COc1cc(C)c(Br)cc1Br. The first-order chi connectivity index (χ1) is 11.7. The van der Waals surface area contributed by atoms with Crippen LogP contribution in [0, 0.1) is 6.92 Å². The Balaban J connectivity index is 2.46. The lowest BCUT2D eigenvalue weighted by Gasteiger charge is -2.11. The molecule has 0 aromatic heterocycles. The third kappa shape index (κ3) is 8.00. The number of hydrogen-bond donors (Lipinski definition) is 2. The summed E-state index contributed by atoms with van der Waals surface area (Å²) in [7, 11) is 0. The molecule has 0 spiro atoms. The monoisotopic (exact) mass is 475 g/mol. The lowest BCUT2D eigenvalue weighted by Crippen LogP contribution is -2.33. The van der Waals surface area contributed by atoms with Gasteiger partial charge < -0.3 is 10.1 Å². The zero-order chi connectivity index (χ0) is 19.0. The molecule has 1 atom stereocenters. The zero-order valence-electron chi connectivity index (χ0n) is 14.8. The Morgan fingerprint density at radius 2 is 1.92 bits per heavy atom. The van der Waals surface area contributed by atoms with Crippen LogP contribution in [-0.4, -0.2) is 30.2 Å². The number of halogens is 2. The molecule has 0 bridgehead atoms. The lowest BCUT2D eigenvalue weighted by atomic mass is 10.2. The van der Waals surface area contributed by atoms with Gasteiger partial charge in [0.2, 0.25) is 5.91 Å². The second-order valence-corrected chi connectivity index (χ2v) is 7.46. The Kier molecular flexibility index (Phi) is 9.13. The van der Waals surface area contributed by atoms with Crippen LogP contribution in [0.1, 0.15) is 39.2 Å². The van der Waals surface area contributed by atoms with Gasteiger partial charge in [0.1, 0.15) is 5.75 Å². The maximum absolute atomic E-state index is 11.8.